The standard InChI is InChI=1S/C10H8N2.CHF3O3S/c1-3-7-11-9(5-1)10-6-2-4-8-12-10;2-1(3,4)8(5,6)7/h1-8H;(H,5,6,7). The molecule has 1 N–H and O–H groups in total. The minimum atomic E-state index is -6.09. The lowest BCUT2D eigenvalue weighted by molar-refractivity contribution is -0.364. The van der Waals surface area contributed by atoms with Crippen molar-refractivity contribution in [3.05, 3.63) is 48.8 Å². The van der Waals surface area contributed by atoms with Gasteiger partial charge in [0.2, 0.25) is 5.69 Å². The third-order valence-corrected chi connectivity index (χ3v) is 2.50. The molecule has 0 saturated carbocycles. The Balaban J connectivity index is 0.000000221. The van der Waals surface area contributed by atoms with E-state index in [9.17, 15) is 13.2 Å². The van der Waals surface area contributed by atoms with Crippen LogP contribution < -0.4 is 4.98 Å². The number of halogens is 3. The van der Waals surface area contributed by atoms with Gasteiger partial charge in [0.1, 0.15) is 5.69 Å². The summed E-state index contributed by atoms with van der Waals surface area (Å²) < 4.78 is 58.9. The van der Waals surface area contributed by atoms with Crippen LogP contribution in [0.1, 0.15) is 0 Å². The molecule has 2 aromatic heterocycles. The van der Waals surface area contributed by atoms with Gasteiger partial charge < -0.3 is 4.55 Å². The first-order chi connectivity index (χ1) is 9.22. The molecule has 0 atom stereocenters. The van der Waals surface area contributed by atoms with Crippen LogP contribution in [0.5, 0.6) is 0 Å². The molecule has 0 radical (unpaired) electrons. The molecular formula is C11H9F3N2O3S. The van der Waals surface area contributed by atoms with Crippen LogP contribution in [-0.4, -0.2) is 23.5 Å². The summed E-state index contributed by atoms with van der Waals surface area (Å²) in [6.45, 7) is 0. The van der Waals surface area contributed by atoms with Crippen molar-refractivity contribution in [2.24, 2.45) is 0 Å². The monoisotopic (exact) mass is 306 g/mol. The van der Waals surface area contributed by atoms with Gasteiger partial charge in [-0.2, -0.15) is 13.2 Å². The Kier molecular flexibility index (Phi) is 5.17. The third kappa shape index (κ3) is 4.94. The first-order valence-electron chi connectivity index (χ1n) is 5.12. The van der Waals surface area contributed by atoms with Gasteiger partial charge in [0.15, 0.2) is 16.3 Å². The molecule has 0 fully saturated rings. The van der Waals surface area contributed by atoms with Gasteiger partial charge in [-0.05, 0) is 18.2 Å². The second kappa shape index (κ2) is 6.44. The number of nitrogens with one attached hydrogen (secondary N) is 1. The zero-order valence-corrected chi connectivity index (χ0v) is 10.6. The Bertz CT molecular complexity index is 593. The molecule has 0 aliphatic heterocycles. The van der Waals surface area contributed by atoms with Crippen molar-refractivity contribution in [2.45, 2.75) is 5.51 Å². The van der Waals surface area contributed by atoms with Gasteiger partial charge in [0, 0.05) is 18.3 Å². The first kappa shape index (κ1) is 16.1. The highest BCUT2D eigenvalue weighted by Gasteiger charge is 2.36. The lowest BCUT2D eigenvalue weighted by Crippen LogP contribution is -2.21. The molecule has 9 heteroatoms. The highest BCUT2D eigenvalue weighted by Crippen LogP contribution is 2.20. The molecule has 108 valence electrons. The second-order valence-electron chi connectivity index (χ2n) is 3.39. The Labute approximate surface area is 112 Å². The summed E-state index contributed by atoms with van der Waals surface area (Å²) in [5.41, 5.74) is -3.64. The van der Waals surface area contributed by atoms with Crippen LogP contribution in [0.4, 0.5) is 13.2 Å². The fraction of sp³-hybridized carbons (Fsp3) is 0.0909. The van der Waals surface area contributed by atoms with Crippen LogP contribution in [0.15, 0.2) is 48.8 Å². The number of hydrogen-bond donors (Lipinski definition) is 0. The smallest absolute Gasteiger partial charge is 0.485 e. The maximum absolute atomic E-state index is 10.7. The lowest BCUT2D eigenvalue weighted by atomic mass is 10.2. The predicted molar refractivity (Wildman–Crippen MR) is 62.0 cm³/mol. The summed E-state index contributed by atoms with van der Waals surface area (Å²) in [5, 5.41) is 0. The number of aromatic nitrogens is 2. The maximum atomic E-state index is 10.7. The number of rotatable bonds is 1. The Hall–Kier alpha value is -2.00. The van der Waals surface area contributed by atoms with Crippen molar-refractivity contribution in [1.82, 2.24) is 4.98 Å². The number of hydrogen-bond acceptors (Lipinski definition) is 4. The topological polar surface area (TPSA) is 84.2 Å². The molecule has 2 rings (SSSR count). The van der Waals surface area contributed by atoms with Crippen molar-refractivity contribution < 1.29 is 31.1 Å². The van der Waals surface area contributed by atoms with Gasteiger partial charge in [0.05, 0.1) is 0 Å². The van der Waals surface area contributed by atoms with Crippen LogP contribution >= 0.6 is 0 Å². The molecule has 0 aliphatic carbocycles. The van der Waals surface area contributed by atoms with E-state index in [0.29, 0.717) is 0 Å². The molecule has 2 heterocycles. The van der Waals surface area contributed by atoms with E-state index in [4.69, 9.17) is 13.0 Å². The third-order valence-electron chi connectivity index (χ3n) is 1.93. The molecule has 0 bridgehead atoms. The van der Waals surface area contributed by atoms with Crippen LogP contribution in [0, 0.1) is 0 Å². The molecule has 0 aromatic carbocycles. The molecule has 0 aliphatic rings. The summed E-state index contributed by atoms with van der Waals surface area (Å²) in [5.74, 6) is 0. The van der Waals surface area contributed by atoms with Crippen LogP contribution in [0.3, 0.4) is 0 Å². The highest BCUT2D eigenvalue weighted by atomic mass is 32.2. The van der Waals surface area contributed by atoms with E-state index in [-0.39, 0.29) is 0 Å². The van der Waals surface area contributed by atoms with E-state index in [1.165, 1.54) is 0 Å². The molecule has 5 nitrogen and oxygen atoms in total. The molecule has 0 saturated heterocycles. The summed E-state index contributed by atoms with van der Waals surface area (Å²) in [6, 6.07) is 11.8. The minimum absolute atomic E-state index is 0.970. The maximum Gasteiger partial charge on any atom is 0.485 e. The zero-order chi connectivity index (χ0) is 15.2. The SMILES string of the molecule is O=S(=O)([O-])C(F)(F)F.c1ccc(-c2cccc[nH+]2)nc1. The Morgan fingerprint density at radius 1 is 1.10 bits per heavy atom. The van der Waals surface area contributed by atoms with Crippen molar-refractivity contribution in [2.75, 3.05) is 0 Å². The Morgan fingerprint density at radius 3 is 2.10 bits per heavy atom. The van der Waals surface area contributed by atoms with Crippen molar-refractivity contribution in [3.63, 3.8) is 0 Å². The van der Waals surface area contributed by atoms with Gasteiger partial charge in [-0.1, -0.05) is 6.07 Å². The number of pyridine rings is 2. The van der Waals surface area contributed by atoms with E-state index >= 15 is 0 Å². The quantitative estimate of drug-likeness (QED) is 0.592. The van der Waals surface area contributed by atoms with E-state index in [1.54, 1.807) is 6.20 Å². The van der Waals surface area contributed by atoms with Gasteiger partial charge in [0.25, 0.3) is 0 Å². The summed E-state index contributed by atoms with van der Waals surface area (Å²) >= 11 is 0. The molecule has 0 amide bonds. The summed E-state index contributed by atoms with van der Waals surface area (Å²) in [4.78, 5) is 7.34. The van der Waals surface area contributed by atoms with Crippen LogP contribution in [0.25, 0.3) is 11.4 Å². The Morgan fingerprint density at radius 2 is 1.70 bits per heavy atom. The average molecular weight is 306 g/mol. The molecular weight excluding hydrogens is 297 g/mol. The van der Waals surface area contributed by atoms with Crippen LogP contribution in [-0.2, 0) is 10.1 Å². The average Bonchev–Trinajstić information content (AvgIpc) is 2.39. The molecule has 20 heavy (non-hydrogen) atoms. The normalized spacial score (nSPS) is 11.4. The predicted octanol–water partition coefficient (Wildman–Crippen LogP) is 1.61. The number of H-pyrrole nitrogens is 1. The number of nitrogens with zero attached hydrogens (tertiary/aromatic N) is 1. The molecule has 0 spiro atoms. The fourth-order valence-electron chi connectivity index (χ4n) is 1.07. The zero-order valence-electron chi connectivity index (χ0n) is 9.83. The molecule has 0 unspecified atom stereocenters. The second-order valence-corrected chi connectivity index (χ2v) is 4.76. The van der Waals surface area contributed by atoms with Crippen LogP contribution in [0.2, 0.25) is 0 Å². The van der Waals surface area contributed by atoms with Crippen molar-refractivity contribution in [1.29, 1.82) is 0 Å². The van der Waals surface area contributed by atoms with Gasteiger partial charge >= 0.3 is 5.51 Å². The largest absolute Gasteiger partial charge is 0.741 e. The summed E-state index contributed by atoms with van der Waals surface area (Å²) in [6.07, 6.45) is 3.68. The van der Waals surface area contributed by atoms with Gasteiger partial charge in [-0.3, -0.25) is 0 Å². The van der Waals surface area contributed by atoms with Crippen molar-refractivity contribution >= 4 is 10.1 Å². The van der Waals surface area contributed by atoms with E-state index in [1.807, 2.05) is 42.6 Å². The minimum Gasteiger partial charge on any atom is -0.741 e. The van der Waals surface area contributed by atoms with E-state index < -0.39 is 15.6 Å². The first-order valence-corrected chi connectivity index (χ1v) is 6.53. The van der Waals surface area contributed by atoms with E-state index in [2.05, 4.69) is 9.97 Å². The highest BCUT2D eigenvalue weighted by molar-refractivity contribution is 7.86. The fourth-order valence-corrected chi connectivity index (χ4v) is 1.07. The lowest BCUT2D eigenvalue weighted by Gasteiger charge is -2.08. The molecule has 2 aromatic rings. The summed E-state index contributed by atoms with van der Waals surface area (Å²) in [7, 11) is -6.09. The van der Waals surface area contributed by atoms with Gasteiger partial charge in [-0.25, -0.2) is 18.4 Å². The number of aromatic amines is 1. The van der Waals surface area contributed by atoms with Gasteiger partial charge in [-0.15, -0.1) is 0 Å². The van der Waals surface area contributed by atoms with E-state index in [0.717, 1.165) is 11.4 Å². The van der Waals surface area contributed by atoms with Crippen molar-refractivity contribution in [3.8, 4) is 11.4 Å². The number of alkyl halides is 3.